The van der Waals surface area contributed by atoms with Gasteiger partial charge in [-0.2, -0.15) is 0 Å². The van der Waals surface area contributed by atoms with E-state index in [2.05, 4.69) is 10.6 Å². The third-order valence-electron chi connectivity index (χ3n) is 4.13. The number of urea groups is 1. The number of methoxy groups -OCH3 is 2. The fourth-order valence-electron chi connectivity index (χ4n) is 2.60. The largest absolute Gasteiger partial charge is 0.493 e. The zero-order chi connectivity index (χ0) is 17.7. The van der Waals surface area contributed by atoms with Crippen molar-refractivity contribution in [3.8, 4) is 11.5 Å². The number of amides is 3. The van der Waals surface area contributed by atoms with Crippen molar-refractivity contribution in [3.05, 3.63) is 18.2 Å². The second-order valence-corrected chi connectivity index (χ2v) is 5.87. The van der Waals surface area contributed by atoms with Crippen LogP contribution in [-0.2, 0) is 4.79 Å². The molecule has 7 heteroatoms. The van der Waals surface area contributed by atoms with Crippen molar-refractivity contribution in [2.45, 2.75) is 38.8 Å². The number of carbonyl (C=O) groups excluding carboxylic acids is 2. The van der Waals surface area contributed by atoms with Crippen LogP contribution in [0.1, 0.15) is 26.7 Å². The molecular weight excluding hydrogens is 310 g/mol. The van der Waals surface area contributed by atoms with Crippen LogP contribution in [0.2, 0.25) is 0 Å². The molecule has 1 saturated heterocycles. The van der Waals surface area contributed by atoms with Gasteiger partial charge in [0.25, 0.3) is 0 Å². The third kappa shape index (κ3) is 4.10. The molecule has 2 rings (SSSR count). The summed E-state index contributed by atoms with van der Waals surface area (Å²) in [6.45, 7) is 4.38. The first-order valence-corrected chi connectivity index (χ1v) is 8.07. The number of carbonyl (C=O) groups is 2. The Labute approximate surface area is 142 Å². The summed E-state index contributed by atoms with van der Waals surface area (Å²) in [6, 6.07) is 4.98. The first-order chi connectivity index (χ1) is 11.5. The molecule has 2 N–H and O–H groups in total. The second kappa shape index (κ2) is 7.90. The molecule has 0 unspecified atom stereocenters. The molecule has 7 nitrogen and oxygen atoms in total. The topological polar surface area (TPSA) is 79.9 Å². The zero-order valence-electron chi connectivity index (χ0n) is 14.6. The van der Waals surface area contributed by atoms with Gasteiger partial charge in [0.15, 0.2) is 11.5 Å². The van der Waals surface area contributed by atoms with E-state index in [4.69, 9.17) is 9.47 Å². The minimum Gasteiger partial charge on any atom is -0.493 e. The van der Waals surface area contributed by atoms with Gasteiger partial charge in [-0.15, -0.1) is 0 Å². The summed E-state index contributed by atoms with van der Waals surface area (Å²) in [5.41, 5.74) is 0.726. The quantitative estimate of drug-likeness (QED) is 0.832. The van der Waals surface area contributed by atoms with Gasteiger partial charge in [0.05, 0.1) is 20.3 Å². The van der Waals surface area contributed by atoms with Crippen molar-refractivity contribution >= 4 is 17.6 Å². The summed E-state index contributed by atoms with van der Waals surface area (Å²) >= 11 is 0. The van der Waals surface area contributed by atoms with Gasteiger partial charge in [-0.1, -0.05) is 6.92 Å². The molecule has 1 heterocycles. The highest BCUT2D eigenvalue weighted by molar-refractivity contribution is 5.97. The van der Waals surface area contributed by atoms with E-state index >= 15 is 0 Å². The van der Waals surface area contributed by atoms with Crippen LogP contribution in [0.3, 0.4) is 0 Å². The fraction of sp³-hybridized carbons (Fsp3) is 0.529. The normalized spacial score (nSPS) is 18.2. The molecule has 0 saturated carbocycles. The Morgan fingerprint density at radius 3 is 2.67 bits per heavy atom. The molecule has 0 radical (unpaired) electrons. The first-order valence-electron chi connectivity index (χ1n) is 8.07. The molecule has 1 aromatic rings. The number of anilines is 1. The molecule has 2 atom stereocenters. The smallest absolute Gasteiger partial charge is 0.315 e. The van der Waals surface area contributed by atoms with Crippen LogP contribution < -0.4 is 25.0 Å². The average Bonchev–Trinajstić information content (AvgIpc) is 2.93. The van der Waals surface area contributed by atoms with Gasteiger partial charge in [-0.3, -0.25) is 4.79 Å². The summed E-state index contributed by atoms with van der Waals surface area (Å²) in [5.74, 6) is 1.14. The highest BCUT2D eigenvalue weighted by atomic mass is 16.5. The van der Waals surface area contributed by atoms with Gasteiger partial charge in [0.2, 0.25) is 5.91 Å². The number of hydrogen-bond donors (Lipinski definition) is 2. The summed E-state index contributed by atoms with van der Waals surface area (Å²) in [4.78, 5) is 25.8. The predicted octanol–water partition coefficient (Wildman–Crippen LogP) is 1.91. The Bertz CT molecular complexity index is 605. The van der Waals surface area contributed by atoms with Crippen LogP contribution in [0.15, 0.2) is 18.2 Å². The summed E-state index contributed by atoms with van der Waals surface area (Å²) in [5, 5.41) is 5.70. The summed E-state index contributed by atoms with van der Waals surface area (Å²) < 4.78 is 10.5. The average molecular weight is 335 g/mol. The van der Waals surface area contributed by atoms with E-state index < -0.39 is 0 Å². The predicted molar refractivity (Wildman–Crippen MR) is 91.7 cm³/mol. The van der Waals surface area contributed by atoms with Crippen LogP contribution in [0.5, 0.6) is 11.5 Å². The van der Waals surface area contributed by atoms with Crippen molar-refractivity contribution in [3.63, 3.8) is 0 Å². The van der Waals surface area contributed by atoms with Gasteiger partial charge in [0, 0.05) is 30.8 Å². The van der Waals surface area contributed by atoms with Crippen molar-refractivity contribution in [2.75, 3.05) is 25.7 Å². The Morgan fingerprint density at radius 2 is 2.04 bits per heavy atom. The molecule has 3 amide bonds. The molecule has 0 bridgehead atoms. The van der Waals surface area contributed by atoms with Crippen LogP contribution in [0, 0.1) is 0 Å². The van der Waals surface area contributed by atoms with Crippen molar-refractivity contribution < 1.29 is 19.1 Å². The maximum absolute atomic E-state index is 12.3. The number of nitrogens with one attached hydrogen (secondary N) is 2. The Hall–Kier alpha value is -2.44. The third-order valence-corrected chi connectivity index (χ3v) is 4.13. The van der Waals surface area contributed by atoms with Gasteiger partial charge in [-0.25, -0.2) is 4.79 Å². The molecule has 132 valence electrons. The highest BCUT2D eigenvalue weighted by Gasteiger charge is 2.32. The molecular formula is C17H25N3O4. The molecule has 0 spiro atoms. The first kappa shape index (κ1) is 17.9. The highest BCUT2D eigenvalue weighted by Crippen LogP contribution is 2.33. The Kier molecular flexibility index (Phi) is 5.89. The summed E-state index contributed by atoms with van der Waals surface area (Å²) in [6.07, 6.45) is 1.14. The van der Waals surface area contributed by atoms with Gasteiger partial charge >= 0.3 is 6.03 Å². The lowest BCUT2D eigenvalue weighted by molar-refractivity contribution is -0.117. The molecule has 0 aliphatic carbocycles. The SMILES string of the molecule is CC[C@@H](C)NC(=O)N[C@@H]1CC(=O)N(c2ccc(OC)c(OC)c2)C1. The Morgan fingerprint density at radius 1 is 1.33 bits per heavy atom. The van der Waals surface area contributed by atoms with E-state index in [-0.39, 0.29) is 30.4 Å². The molecule has 1 fully saturated rings. The zero-order valence-corrected chi connectivity index (χ0v) is 14.6. The van der Waals surface area contributed by atoms with Gasteiger partial charge in [0.1, 0.15) is 0 Å². The standard InChI is InChI=1S/C17H25N3O4/c1-5-11(2)18-17(22)19-12-8-16(21)20(10-12)13-6-7-14(23-3)15(9-13)24-4/h6-7,9,11-12H,5,8,10H2,1-4H3,(H2,18,19,22)/t11-,12-/m1/s1. The van der Waals surface area contributed by atoms with Crippen molar-refractivity contribution in [2.24, 2.45) is 0 Å². The fourth-order valence-corrected chi connectivity index (χ4v) is 2.60. The molecule has 1 aliphatic rings. The number of benzene rings is 1. The minimum absolute atomic E-state index is 0.0314. The lowest BCUT2D eigenvalue weighted by Crippen LogP contribution is -2.46. The maximum Gasteiger partial charge on any atom is 0.315 e. The van der Waals surface area contributed by atoms with Crippen LogP contribution >= 0.6 is 0 Å². The van der Waals surface area contributed by atoms with E-state index in [1.807, 2.05) is 13.8 Å². The van der Waals surface area contributed by atoms with Gasteiger partial charge in [-0.05, 0) is 25.5 Å². The lowest BCUT2D eigenvalue weighted by Gasteiger charge is -2.19. The maximum atomic E-state index is 12.3. The molecule has 24 heavy (non-hydrogen) atoms. The van der Waals surface area contributed by atoms with Crippen LogP contribution in [-0.4, -0.2) is 44.8 Å². The number of hydrogen-bond acceptors (Lipinski definition) is 4. The van der Waals surface area contributed by atoms with Gasteiger partial charge < -0.3 is 25.0 Å². The number of rotatable bonds is 6. The van der Waals surface area contributed by atoms with E-state index in [1.54, 1.807) is 37.3 Å². The van der Waals surface area contributed by atoms with E-state index in [1.165, 1.54) is 0 Å². The summed E-state index contributed by atoms with van der Waals surface area (Å²) in [7, 11) is 3.12. The van der Waals surface area contributed by atoms with Crippen molar-refractivity contribution in [1.29, 1.82) is 0 Å². The van der Waals surface area contributed by atoms with E-state index in [0.717, 1.165) is 12.1 Å². The lowest BCUT2D eigenvalue weighted by atomic mass is 10.2. The number of nitrogens with zero attached hydrogens (tertiary/aromatic N) is 1. The second-order valence-electron chi connectivity index (χ2n) is 5.87. The Balaban J connectivity index is 2.03. The molecule has 1 aromatic carbocycles. The number of ether oxygens (including phenoxy) is 2. The minimum atomic E-state index is -0.240. The molecule has 1 aliphatic heterocycles. The van der Waals surface area contributed by atoms with Crippen molar-refractivity contribution in [1.82, 2.24) is 10.6 Å². The molecule has 0 aromatic heterocycles. The van der Waals surface area contributed by atoms with E-state index in [0.29, 0.717) is 18.0 Å². The monoisotopic (exact) mass is 335 g/mol. The van der Waals surface area contributed by atoms with E-state index in [9.17, 15) is 9.59 Å². The van der Waals surface area contributed by atoms with Crippen LogP contribution in [0.4, 0.5) is 10.5 Å². The van der Waals surface area contributed by atoms with Crippen LogP contribution in [0.25, 0.3) is 0 Å².